The molecule has 1 atom stereocenters. The van der Waals surface area contributed by atoms with E-state index in [-0.39, 0.29) is 17.9 Å². The van der Waals surface area contributed by atoms with E-state index in [2.05, 4.69) is 33.5 Å². The summed E-state index contributed by atoms with van der Waals surface area (Å²) in [5, 5.41) is 3.12. The number of benzene rings is 2. The average molecular weight is 473 g/mol. The predicted molar refractivity (Wildman–Crippen MR) is 135 cm³/mol. The fourth-order valence-electron chi connectivity index (χ4n) is 4.23. The van der Waals surface area contributed by atoms with Gasteiger partial charge in [0, 0.05) is 24.0 Å². The predicted octanol–water partition coefficient (Wildman–Crippen LogP) is 5.93. The molecule has 34 heavy (non-hydrogen) atoms. The first-order valence-corrected chi connectivity index (χ1v) is 12.2. The lowest BCUT2D eigenvalue weighted by Gasteiger charge is -2.28. The van der Waals surface area contributed by atoms with Crippen LogP contribution in [0.3, 0.4) is 0 Å². The van der Waals surface area contributed by atoms with E-state index < -0.39 is 0 Å². The molecule has 0 saturated heterocycles. The van der Waals surface area contributed by atoms with E-state index in [0.717, 1.165) is 44.8 Å². The first kappa shape index (κ1) is 22.2. The van der Waals surface area contributed by atoms with Crippen molar-refractivity contribution in [2.24, 2.45) is 0 Å². The third-order valence-electron chi connectivity index (χ3n) is 6.00. The second-order valence-corrected chi connectivity index (χ2v) is 9.57. The minimum absolute atomic E-state index is 0.0405. The molecule has 7 heteroatoms. The zero-order valence-electron chi connectivity index (χ0n) is 18.9. The molecular formula is C27H25FN4OS. The van der Waals surface area contributed by atoms with Gasteiger partial charge in [0.05, 0.1) is 15.9 Å². The fraction of sp³-hybridized carbons (Fsp3) is 0.222. The number of carbonyl (C=O) groups excluding carboxylic acids is 1. The highest BCUT2D eigenvalue weighted by molar-refractivity contribution is 7.22. The van der Waals surface area contributed by atoms with Crippen molar-refractivity contribution in [3.05, 3.63) is 90.1 Å². The standard InChI is InChI=1S/C27H25FN4OS/c1-18(15-19-5-3-2-4-6-19)31-27(33)32-13-11-21(12-14-32)25-26-23(29-17-30-25)16-24(34-26)20-7-9-22(28)10-8-20/h2-11,16-18H,12-15H2,1H3,(H,31,33). The van der Waals surface area contributed by atoms with E-state index in [9.17, 15) is 9.18 Å². The minimum Gasteiger partial charge on any atom is -0.335 e. The Balaban J connectivity index is 1.28. The Morgan fingerprint density at radius 3 is 2.68 bits per heavy atom. The van der Waals surface area contributed by atoms with Gasteiger partial charge in [-0.25, -0.2) is 19.2 Å². The molecular weight excluding hydrogens is 447 g/mol. The van der Waals surface area contributed by atoms with Crippen molar-refractivity contribution in [2.45, 2.75) is 25.8 Å². The van der Waals surface area contributed by atoms with Gasteiger partial charge in [-0.15, -0.1) is 11.3 Å². The fourth-order valence-corrected chi connectivity index (χ4v) is 5.37. The van der Waals surface area contributed by atoms with E-state index in [4.69, 9.17) is 0 Å². The molecule has 5 nitrogen and oxygen atoms in total. The molecule has 0 fully saturated rings. The summed E-state index contributed by atoms with van der Waals surface area (Å²) in [7, 11) is 0. The Bertz CT molecular complexity index is 1330. The number of halogens is 1. The first-order chi connectivity index (χ1) is 16.6. The third kappa shape index (κ3) is 4.84. The minimum atomic E-state index is -0.249. The van der Waals surface area contributed by atoms with E-state index in [0.29, 0.717) is 13.1 Å². The van der Waals surface area contributed by atoms with E-state index >= 15 is 0 Å². The van der Waals surface area contributed by atoms with Crippen molar-refractivity contribution in [1.29, 1.82) is 0 Å². The van der Waals surface area contributed by atoms with Crippen LogP contribution in [0.1, 0.15) is 24.6 Å². The number of thiophene rings is 1. The highest BCUT2D eigenvalue weighted by Gasteiger charge is 2.22. The average Bonchev–Trinajstić information content (AvgIpc) is 3.29. The van der Waals surface area contributed by atoms with Gasteiger partial charge >= 0.3 is 6.03 Å². The topological polar surface area (TPSA) is 58.1 Å². The first-order valence-electron chi connectivity index (χ1n) is 11.4. The van der Waals surface area contributed by atoms with Crippen LogP contribution in [0.4, 0.5) is 9.18 Å². The highest BCUT2D eigenvalue weighted by Crippen LogP contribution is 2.37. The lowest BCUT2D eigenvalue weighted by atomic mass is 10.0. The van der Waals surface area contributed by atoms with E-state index in [1.54, 1.807) is 29.8 Å². The molecule has 0 saturated carbocycles. The lowest BCUT2D eigenvalue weighted by molar-refractivity contribution is 0.199. The third-order valence-corrected chi connectivity index (χ3v) is 7.18. The summed E-state index contributed by atoms with van der Waals surface area (Å²) in [4.78, 5) is 24.6. The zero-order valence-corrected chi connectivity index (χ0v) is 19.7. The maximum atomic E-state index is 13.3. The van der Waals surface area contributed by atoms with E-state index in [1.807, 2.05) is 36.1 Å². The van der Waals surface area contributed by atoms with Crippen LogP contribution in [0.15, 0.2) is 73.1 Å². The largest absolute Gasteiger partial charge is 0.335 e. The summed E-state index contributed by atoms with van der Waals surface area (Å²) in [6.45, 7) is 3.21. The van der Waals surface area contributed by atoms with Gasteiger partial charge in [-0.05, 0) is 54.7 Å². The van der Waals surface area contributed by atoms with Gasteiger partial charge in [0.2, 0.25) is 0 Å². The van der Waals surface area contributed by atoms with Crippen LogP contribution in [0, 0.1) is 5.82 Å². The number of nitrogens with zero attached hydrogens (tertiary/aromatic N) is 3. The Morgan fingerprint density at radius 2 is 1.94 bits per heavy atom. The van der Waals surface area contributed by atoms with Crippen LogP contribution in [0.25, 0.3) is 26.2 Å². The molecule has 1 unspecified atom stereocenters. The molecule has 0 radical (unpaired) electrons. The molecule has 2 aromatic carbocycles. The molecule has 172 valence electrons. The summed E-state index contributed by atoms with van der Waals surface area (Å²) in [6.07, 6.45) is 5.21. The lowest BCUT2D eigenvalue weighted by Crippen LogP contribution is -2.46. The van der Waals surface area contributed by atoms with Crippen LogP contribution >= 0.6 is 11.3 Å². The van der Waals surface area contributed by atoms with Crippen molar-refractivity contribution in [3.8, 4) is 10.4 Å². The number of amides is 2. The maximum Gasteiger partial charge on any atom is 0.317 e. The molecule has 3 heterocycles. The highest BCUT2D eigenvalue weighted by atomic mass is 32.1. The number of aromatic nitrogens is 2. The summed E-state index contributed by atoms with van der Waals surface area (Å²) in [6, 6.07) is 18.7. The Hall–Kier alpha value is -3.58. The molecule has 2 amide bonds. The molecule has 4 aromatic rings. The van der Waals surface area contributed by atoms with Gasteiger partial charge < -0.3 is 10.2 Å². The summed E-state index contributed by atoms with van der Waals surface area (Å²) in [5.41, 5.74) is 5.09. The number of nitrogens with one attached hydrogen (secondary N) is 1. The van der Waals surface area contributed by atoms with Crippen molar-refractivity contribution >= 4 is 33.2 Å². The summed E-state index contributed by atoms with van der Waals surface area (Å²) in [5.74, 6) is -0.249. The van der Waals surface area contributed by atoms with Crippen LogP contribution in [0.2, 0.25) is 0 Å². The van der Waals surface area contributed by atoms with Gasteiger partial charge in [0.25, 0.3) is 0 Å². The number of hydrogen-bond acceptors (Lipinski definition) is 4. The van der Waals surface area contributed by atoms with Crippen molar-refractivity contribution in [2.75, 3.05) is 13.1 Å². The molecule has 1 aliphatic heterocycles. The number of rotatable bonds is 5. The van der Waals surface area contributed by atoms with Crippen LogP contribution < -0.4 is 5.32 Å². The molecule has 0 aliphatic carbocycles. The smallest absolute Gasteiger partial charge is 0.317 e. The number of hydrogen-bond donors (Lipinski definition) is 1. The molecule has 2 aromatic heterocycles. The molecule has 0 bridgehead atoms. The van der Waals surface area contributed by atoms with Crippen molar-refractivity contribution in [1.82, 2.24) is 20.2 Å². The number of urea groups is 1. The van der Waals surface area contributed by atoms with Crippen LogP contribution in [-0.2, 0) is 6.42 Å². The molecule has 1 N–H and O–H groups in total. The SMILES string of the molecule is CC(Cc1ccccc1)NC(=O)N1CC=C(c2ncnc3cc(-c4ccc(F)cc4)sc23)CC1. The van der Waals surface area contributed by atoms with E-state index in [1.165, 1.54) is 17.7 Å². The molecule has 5 rings (SSSR count). The summed E-state index contributed by atoms with van der Waals surface area (Å²) >= 11 is 1.61. The van der Waals surface area contributed by atoms with Crippen LogP contribution in [-0.4, -0.2) is 40.0 Å². The molecule has 0 spiro atoms. The molecule has 1 aliphatic rings. The Morgan fingerprint density at radius 1 is 1.15 bits per heavy atom. The normalized spacial score (nSPS) is 14.6. The number of carbonyl (C=O) groups is 1. The van der Waals surface area contributed by atoms with Gasteiger partial charge in [0.15, 0.2) is 0 Å². The Kier molecular flexibility index (Phi) is 6.36. The quantitative estimate of drug-likeness (QED) is 0.392. The second kappa shape index (κ2) is 9.73. The van der Waals surface area contributed by atoms with Crippen LogP contribution in [0.5, 0.6) is 0 Å². The zero-order chi connectivity index (χ0) is 23.5. The maximum absolute atomic E-state index is 13.3. The van der Waals surface area contributed by atoms with Gasteiger partial charge in [-0.1, -0.05) is 48.5 Å². The van der Waals surface area contributed by atoms with Gasteiger partial charge in [-0.2, -0.15) is 0 Å². The van der Waals surface area contributed by atoms with Gasteiger partial charge in [-0.3, -0.25) is 0 Å². The monoisotopic (exact) mass is 472 g/mol. The second-order valence-electron chi connectivity index (χ2n) is 8.52. The van der Waals surface area contributed by atoms with Gasteiger partial charge in [0.1, 0.15) is 12.1 Å². The van der Waals surface area contributed by atoms with Crippen molar-refractivity contribution < 1.29 is 9.18 Å². The summed E-state index contributed by atoms with van der Waals surface area (Å²) < 4.78 is 14.3. The number of fused-ring (bicyclic) bond motifs is 1. The van der Waals surface area contributed by atoms with Crippen molar-refractivity contribution in [3.63, 3.8) is 0 Å². The Labute approximate surface area is 202 Å².